The Labute approximate surface area is 109 Å². The average Bonchev–Trinajstić information content (AvgIpc) is 2.59. The minimum atomic E-state index is -3.21. The second kappa shape index (κ2) is 4.88. The smallest absolute Gasteiger partial charge is 0.214 e. The highest BCUT2D eigenvalue weighted by Crippen LogP contribution is 2.19. The normalized spacial score (nSPS) is 19.4. The molecule has 1 aliphatic heterocycles. The third-order valence-corrected chi connectivity index (χ3v) is 5.29. The van der Waals surface area contributed by atoms with Crippen molar-refractivity contribution in [3.63, 3.8) is 0 Å². The molecule has 1 fully saturated rings. The van der Waals surface area contributed by atoms with Crippen LogP contribution in [-0.4, -0.2) is 37.3 Å². The Bertz CT molecular complexity index is 541. The highest BCUT2D eigenvalue weighted by molar-refractivity contribution is 9.10. The van der Waals surface area contributed by atoms with Gasteiger partial charge in [0.15, 0.2) is 5.78 Å². The van der Waals surface area contributed by atoms with Crippen molar-refractivity contribution in [1.29, 1.82) is 0 Å². The Morgan fingerprint density at radius 2 is 2.06 bits per heavy atom. The number of sulfonamides is 1. The molecule has 0 amide bonds. The van der Waals surface area contributed by atoms with Gasteiger partial charge in [0, 0.05) is 16.6 Å². The number of hydrogen-bond donors (Lipinski definition) is 0. The van der Waals surface area contributed by atoms with E-state index in [1.165, 1.54) is 4.31 Å². The third-order valence-electron chi connectivity index (χ3n) is 2.70. The molecule has 0 bridgehead atoms. The van der Waals surface area contributed by atoms with E-state index >= 15 is 0 Å². The van der Waals surface area contributed by atoms with Gasteiger partial charge in [-0.15, -0.1) is 0 Å². The number of ketones is 1. The van der Waals surface area contributed by atoms with Crippen molar-refractivity contribution in [2.75, 3.05) is 18.8 Å². The van der Waals surface area contributed by atoms with Crippen LogP contribution in [-0.2, 0) is 10.0 Å². The van der Waals surface area contributed by atoms with Gasteiger partial charge in [-0.1, -0.05) is 34.1 Å². The summed E-state index contributed by atoms with van der Waals surface area (Å²) in [6.45, 7) is 0.378. The molecule has 0 radical (unpaired) electrons. The molecular weight excluding hydrogens is 306 g/mol. The SMILES string of the molecule is O=C(CN1CCCS1(=O)=O)c1ccccc1Br. The van der Waals surface area contributed by atoms with Crippen LogP contribution in [0.3, 0.4) is 0 Å². The Hall–Kier alpha value is -0.720. The number of carbonyl (C=O) groups excluding carboxylic acids is 1. The van der Waals surface area contributed by atoms with E-state index in [2.05, 4.69) is 15.9 Å². The van der Waals surface area contributed by atoms with E-state index in [9.17, 15) is 13.2 Å². The summed E-state index contributed by atoms with van der Waals surface area (Å²) in [5, 5.41) is 0. The van der Waals surface area contributed by atoms with E-state index < -0.39 is 10.0 Å². The molecule has 0 spiro atoms. The van der Waals surface area contributed by atoms with E-state index in [0.29, 0.717) is 23.0 Å². The van der Waals surface area contributed by atoms with Gasteiger partial charge in [0.25, 0.3) is 0 Å². The van der Waals surface area contributed by atoms with Crippen LogP contribution in [0.2, 0.25) is 0 Å². The largest absolute Gasteiger partial charge is 0.293 e. The summed E-state index contributed by atoms with van der Waals surface area (Å²) >= 11 is 3.29. The lowest BCUT2D eigenvalue weighted by Crippen LogP contribution is -2.31. The highest BCUT2D eigenvalue weighted by atomic mass is 79.9. The number of halogens is 1. The molecule has 1 heterocycles. The quantitative estimate of drug-likeness (QED) is 0.797. The van der Waals surface area contributed by atoms with Crippen LogP contribution in [0, 0.1) is 0 Å². The zero-order valence-corrected chi connectivity index (χ0v) is 11.5. The lowest BCUT2D eigenvalue weighted by Gasteiger charge is -2.13. The van der Waals surface area contributed by atoms with Gasteiger partial charge in [-0.25, -0.2) is 8.42 Å². The first-order chi connectivity index (χ1) is 8.00. The predicted octanol–water partition coefficient (Wildman–Crippen LogP) is 1.67. The molecular formula is C11H12BrNO3S. The molecule has 2 rings (SSSR count). The molecule has 1 saturated heterocycles. The fraction of sp³-hybridized carbons (Fsp3) is 0.364. The summed E-state index contributed by atoms with van der Waals surface area (Å²) in [6.07, 6.45) is 0.603. The second-order valence-electron chi connectivity index (χ2n) is 3.91. The highest BCUT2D eigenvalue weighted by Gasteiger charge is 2.30. The number of carbonyl (C=O) groups is 1. The van der Waals surface area contributed by atoms with E-state index in [1.54, 1.807) is 18.2 Å². The zero-order chi connectivity index (χ0) is 12.5. The Morgan fingerprint density at radius 3 is 2.65 bits per heavy atom. The van der Waals surface area contributed by atoms with Crippen LogP contribution in [0.25, 0.3) is 0 Å². The number of benzene rings is 1. The summed E-state index contributed by atoms with van der Waals surface area (Å²) in [6, 6.07) is 7.03. The van der Waals surface area contributed by atoms with Gasteiger partial charge < -0.3 is 0 Å². The maximum Gasteiger partial charge on any atom is 0.214 e. The fourth-order valence-electron chi connectivity index (χ4n) is 1.80. The minimum Gasteiger partial charge on any atom is -0.293 e. The standard InChI is InChI=1S/C11H12BrNO3S/c12-10-5-2-1-4-9(10)11(14)8-13-6-3-7-17(13,15)16/h1-2,4-5H,3,6-8H2. The number of hydrogen-bond acceptors (Lipinski definition) is 3. The molecule has 4 nitrogen and oxygen atoms in total. The van der Waals surface area contributed by atoms with Crippen molar-refractivity contribution < 1.29 is 13.2 Å². The van der Waals surface area contributed by atoms with E-state index in [-0.39, 0.29) is 18.1 Å². The molecule has 17 heavy (non-hydrogen) atoms. The van der Waals surface area contributed by atoms with Gasteiger partial charge in [0.05, 0.1) is 12.3 Å². The maximum absolute atomic E-state index is 12.0. The maximum atomic E-state index is 12.0. The van der Waals surface area contributed by atoms with Gasteiger partial charge >= 0.3 is 0 Å². The molecule has 1 aliphatic rings. The van der Waals surface area contributed by atoms with Crippen LogP contribution >= 0.6 is 15.9 Å². The molecule has 0 aliphatic carbocycles. The molecule has 1 aromatic rings. The number of Topliss-reactive ketones (excluding diaryl/α,β-unsaturated/α-hetero) is 1. The summed E-state index contributed by atoms with van der Waals surface area (Å²) in [4.78, 5) is 12.0. The zero-order valence-electron chi connectivity index (χ0n) is 9.10. The monoisotopic (exact) mass is 317 g/mol. The molecule has 92 valence electrons. The molecule has 0 saturated carbocycles. The van der Waals surface area contributed by atoms with Gasteiger partial charge in [-0.2, -0.15) is 4.31 Å². The predicted molar refractivity (Wildman–Crippen MR) is 68.4 cm³/mol. The summed E-state index contributed by atoms with van der Waals surface area (Å²) in [7, 11) is -3.21. The van der Waals surface area contributed by atoms with Crippen molar-refractivity contribution in [3.05, 3.63) is 34.3 Å². The van der Waals surface area contributed by atoms with Crippen LogP contribution in [0.15, 0.2) is 28.7 Å². The minimum absolute atomic E-state index is 0.0645. The van der Waals surface area contributed by atoms with E-state index in [0.717, 1.165) is 0 Å². The Kier molecular flexibility index (Phi) is 3.65. The summed E-state index contributed by atoms with van der Waals surface area (Å²) in [5.41, 5.74) is 0.523. The van der Waals surface area contributed by atoms with Crippen molar-refractivity contribution in [2.45, 2.75) is 6.42 Å². The van der Waals surface area contributed by atoms with Gasteiger partial charge in [-0.3, -0.25) is 4.79 Å². The van der Waals surface area contributed by atoms with Gasteiger partial charge in [0.2, 0.25) is 10.0 Å². The summed E-state index contributed by atoms with van der Waals surface area (Å²) < 4.78 is 25.1. The van der Waals surface area contributed by atoms with Crippen molar-refractivity contribution in [3.8, 4) is 0 Å². The van der Waals surface area contributed by atoms with Crippen molar-refractivity contribution in [1.82, 2.24) is 4.31 Å². The van der Waals surface area contributed by atoms with Gasteiger partial charge in [-0.05, 0) is 12.5 Å². The van der Waals surface area contributed by atoms with Crippen LogP contribution in [0.1, 0.15) is 16.8 Å². The number of nitrogens with zero attached hydrogens (tertiary/aromatic N) is 1. The molecule has 0 aromatic heterocycles. The Morgan fingerprint density at radius 1 is 1.35 bits per heavy atom. The molecule has 6 heteroatoms. The third kappa shape index (κ3) is 2.75. The van der Waals surface area contributed by atoms with Gasteiger partial charge in [0.1, 0.15) is 0 Å². The molecule has 0 atom stereocenters. The van der Waals surface area contributed by atoms with E-state index in [4.69, 9.17) is 0 Å². The topological polar surface area (TPSA) is 54.5 Å². The van der Waals surface area contributed by atoms with Crippen LogP contribution in [0.4, 0.5) is 0 Å². The first-order valence-electron chi connectivity index (χ1n) is 5.26. The Balaban J connectivity index is 2.16. The average molecular weight is 318 g/mol. The van der Waals surface area contributed by atoms with Crippen molar-refractivity contribution in [2.24, 2.45) is 0 Å². The van der Waals surface area contributed by atoms with E-state index in [1.807, 2.05) is 6.07 Å². The molecule has 0 unspecified atom stereocenters. The van der Waals surface area contributed by atoms with Crippen LogP contribution in [0.5, 0.6) is 0 Å². The number of rotatable bonds is 3. The summed E-state index contributed by atoms with van der Waals surface area (Å²) in [5.74, 6) is -0.0288. The first-order valence-corrected chi connectivity index (χ1v) is 7.66. The van der Waals surface area contributed by atoms with Crippen molar-refractivity contribution >= 4 is 31.7 Å². The second-order valence-corrected chi connectivity index (χ2v) is 6.85. The van der Waals surface area contributed by atoms with Crippen LogP contribution < -0.4 is 0 Å². The first kappa shape index (κ1) is 12.7. The fourth-order valence-corrected chi connectivity index (χ4v) is 3.78. The lowest BCUT2D eigenvalue weighted by atomic mass is 10.1. The molecule has 0 N–H and O–H groups in total. The molecule has 1 aromatic carbocycles. The lowest BCUT2D eigenvalue weighted by molar-refractivity contribution is 0.0968.